The maximum Gasteiger partial charge on any atom is 0.211 e. The molecule has 2 N–H and O–H groups in total. The summed E-state index contributed by atoms with van der Waals surface area (Å²) in [5.41, 5.74) is 0.772. The van der Waals surface area contributed by atoms with E-state index < -0.39 is 10.0 Å². The Morgan fingerprint density at radius 3 is 2.76 bits per heavy atom. The van der Waals surface area contributed by atoms with E-state index in [1.54, 1.807) is 18.3 Å². The van der Waals surface area contributed by atoms with Crippen molar-refractivity contribution in [2.24, 2.45) is 0 Å². The summed E-state index contributed by atoms with van der Waals surface area (Å²) in [6.07, 6.45) is 3.33. The Bertz CT molecular complexity index is 406. The molecule has 0 spiro atoms. The highest BCUT2D eigenvalue weighted by Crippen LogP contribution is 1.98. The molecule has 0 amide bonds. The molecule has 0 atom stereocenters. The summed E-state index contributed by atoms with van der Waals surface area (Å²) < 4.78 is 25.6. The summed E-state index contributed by atoms with van der Waals surface area (Å²) in [5.74, 6) is 0.0448. The fraction of sp³-hybridized carbons (Fsp3) is 0.545. The van der Waals surface area contributed by atoms with Crippen LogP contribution in [-0.4, -0.2) is 37.4 Å². The van der Waals surface area contributed by atoms with Crippen LogP contribution in [0.15, 0.2) is 24.4 Å². The molecule has 0 unspecified atom stereocenters. The minimum Gasteiger partial charge on any atom is -0.396 e. The molecule has 5 nitrogen and oxygen atoms in total. The molecule has 0 saturated carbocycles. The van der Waals surface area contributed by atoms with Gasteiger partial charge >= 0.3 is 0 Å². The summed E-state index contributed by atoms with van der Waals surface area (Å²) in [6.45, 7) is 0.473. The van der Waals surface area contributed by atoms with E-state index >= 15 is 0 Å². The SMILES string of the molecule is O=S(=O)(CCc1ccccn1)NCCCCO. The van der Waals surface area contributed by atoms with Gasteiger partial charge < -0.3 is 5.11 Å². The molecule has 0 radical (unpaired) electrons. The first-order chi connectivity index (χ1) is 8.14. The monoisotopic (exact) mass is 258 g/mol. The molecule has 0 saturated heterocycles. The highest BCUT2D eigenvalue weighted by molar-refractivity contribution is 7.89. The van der Waals surface area contributed by atoms with Crippen molar-refractivity contribution in [1.82, 2.24) is 9.71 Å². The number of rotatable bonds is 8. The van der Waals surface area contributed by atoms with Crippen molar-refractivity contribution in [3.05, 3.63) is 30.1 Å². The molecule has 1 aromatic rings. The topological polar surface area (TPSA) is 79.3 Å². The third kappa shape index (κ3) is 6.35. The molecular formula is C11H18N2O3S. The Hall–Kier alpha value is -0.980. The average Bonchev–Trinajstić information content (AvgIpc) is 2.34. The van der Waals surface area contributed by atoms with Gasteiger partial charge in [-0.2, -0.15) is 0 Å². The van der Waals surface area contributed by atoms with E-state index in [0.717, 1.165) is 5.69 Å². The lowest BCUT2D eigenvalue weighted by atomic mass is 10.3. The molecule has 96 valence electrons. The van der Waals surface area contributed by atoms with Gasteiger partial charge in [-0.1, -0.05) is 6.07 Å². The second kappa shape index (κ2) is 7.37. The number of aromatic nitrogens is 1. The van der Waals surface area contributed by atoms with E-state index in [1.165, 1.54) is 0 Å². The van der Waals surface area contributed by atoms with Gasteiger partial charge in [0.2, 0.25) is 10.0 Å². The number of aryl methyl sites for hydroxylation is 1. The van der Waals surface area contributed by atoms with Crippen LogP contribution in [-0.2, 0) is 16.4 Å². The summed E-state index contributed by atoms with van der Waals surface area (Å²) >= 11 is 0. The summed E-state index contributed by atoms with van der Waals surface area (Å²) in [5, 5.41) is 8.56. The van der Waals surface area contributed by atoms with E-state index in [-0.39, 0.29) is 12.4 Å². The quantitative estimate of drug-likeness (QED) is 0.658. The van der Waals surface area contributed by atoms with Crippen LogP contribution in [0.5, 0.6) is 0 Å². The van der Waals surface area contributed by atoms with Crippen LogP contribution in [0.4, 0.5) is 0 Å². The standard InChI is InChI=1S/C11H18N2O3S/c14-9-4-3-8-13-17(15,16)10-6-11-5-1-2-7-12-11/h1-2,5,7,13-14H,3-4,6,8-10H2. The fourth-order valence-corrected chi connectivity index (χ4v) is 2.40. The number of aliphatic hydroxyl groups is 1. The van der Waals surface area contributed by atoms with Crippen LogP contribution in [0.2, 0.25) is 0 Å². The van der Waals surface area contributed by atoms with Crippen LogP contribution in [0.25, 0.3) is 0 Å². The highest BCUT2D eigenvalue weighted by Gasteiger charge is 2.09. The third-order valence-corrected chi connectivity index (χ3v) is 3.65. The second-order valence-electron chi connectivity index (χ2n) is 3.71. The first kappa shape index (κ1) is 14.1. The number of hydrogen-bond acceptors (Lipinski definition) is 4. The lowest BCUT2D eigenvalue weighted by Gasteiger charge is -2.05. The van der Waals surface area contributed by atoms with Crippen molar-refractivity contribution in [3.8, 4) is 0 Å². The molecule has 0 fully saturated rings. The zero-order valence-corrected chi connectivity index (χ0v) is 10.5. The van der Waals surface area contributed by atoms with E-state index in [9.17, 15) is 8.42 Å². The van der Waals surface area contributed by atoms with E-state index in [4.69, 9.17) is 5.11 Å². The zero-order valence-electron chi connectivity index (χ0n) is 9.67. The van der Waals surface area contributed by atoms with Gasteiger partial charge in [0, 0.05) is 31.5 Å². The molecule has 1 rings (SSSR count). The van der Waals surface area contributed by atoms with Crippen LogP contribution in [0, 0.1) is 0 Å². The predicted octanol–water partition coefficient (Wildman–Crippen LogP) is 0.316. The van der Waals surface area contributed by atoms with Crippen molar-refractivity contribution >= 4 is 10.0 Å². The van der Waals surface area contributed by atoms with Crippen molar-refractivity contribution < 1.29 is 13.5 Å². The van der Waals surface area contributed by atoms with Crippen LogP contribution >= 0.6 is 0 Å². The molecule has 17 heavy (non-hydrogen) atoms. The molecule has 1 heterocycles. The zero-order chi connectivity index (χ0) is 12.6. The first-order valence-electron chi connectivity index (χ1n) is 5.62. The normalized spacial score (nSPS) is 11.6. The van der Waals surface area contributed by atoms with Gasteiger partial charge in [0.1, 0.15) is 0 Å². The van der Waals surface area contributed by atoms with Gasteiger partial charge in [-0.3, -0.25) is 4.98 Å². The van der Waals surface area contributed by atoms with Crippen molar-refractivity contribution in [2.45, 2.75) is 19.3 Å². The third-order valence-electron chi connectivity index (χ3n) is 2.26. The lowest BCUT2D eigenvalue weighted by molar-refractivity contribution is 0.285. The Kier molecular flexibility index (Phi) is 6.10. The van der Waals surface area contributed by atoms with Gasteiger partial charge in [-0.05, 0) is 25.0 Å². The number of pyridine rings is 1. The van der Waals surface area contributed by atoms with Gasteiger partial charge in [-0.25, -0.2) is 13.1 Å². The minimum absolute atomic E-state index is 0.0448. The molecular weight excluding hydrogens is 240 g/mol. The Morgan fingerprint density at radius 2 is 2.12 bits per heavy atom. The Labute approximate surface area is 102 Å². The number of sulfonamides is 1. The van der Waals surface area contributed by atoms with Gasteiger partial charge in [0.25, 0.3) is 0 Å². The summed E-state index contributed by atoms with van der Waals surface area (Å²) in [4.78, 5) is 4.07. The number of nitrogens with one attached hydrogen (secondary N) is 1. The van der Waals surface area contributed by atoms with Gasteiger partial charge in [0.15, 0.2) is 0 Å². The lowest BCUT2D eigenvalue weighted by Crippen LogP contribution is -2.28. The first-order valence-corrected chi connectivity index (χ1v) is 7.27. The van der Waals surface area contributed by atoms with Crippen molar-refractivity contribution in [3.63, 3.8) is 0 Å². The van der Waals surface area contributed by atoms with Crippen LogP contribution in [0.1, 0.15) is 18.5 Å². The molecule has 0 aromatic carbocycles. The van der Waals surface area contributed by atoms with Gasteiger partial charge in [-0.15, -0.1) is 0 Å². The molecule has 6 heteroatoms. The predicted molar refractivity (Wildman–Crippen MR) is 66.1 cm³/mol. The molecule has 0 aliphatic rings. The van der Waals surface area contributed by atoms with Crippen LogP contribution < -0.4 is 4.72 Å². The maximum absolute atomic E-state index is 11.6. The van der Waals surface area contributed by atoms with Crippen molar-refractivity contribution in [1.29, 1.82) is 0 Å². The van der Waals surface area contributed by atoms with E-state index in [1.807, 2.05) is 6.07 Å². The highest BCUT2D eigenvalue weighted by atomic mass is 32.2. The Balaban J connectivity index is 2.30. The van der Waals surface area contributed by atoms with E-state index in [0.29, 0.717) is 25.8 Å². The average molecular weight is 258 g/mol. The molecule has 0 bridgehead atoms. The van der Waals surface area contributed by atoms with Gasteiger partial charge in [0.05, 0.1) is 5.75 Å². The fourth-order valence-electron chi connectivity index (χ4n) is 1.32. The molecule has 1 aromatic heterocycles. The summed E-state index contributed by atoms with van der Waals surface area (Å²) in [7, 11) is -3.23. The number of hydrogen-bond donors (Lipinski definition) is 2. The summed E-state index contributed by atoms with van der Waals surface area (Å²) in [6, 6.07) is 5.44. The molecule has 0 aliphatic carbocycles. The number of aliphatic hydroxyl groups excluding tert-OH is 1. The smallest absolute Gasteiger partial charge is 0.211 e. The Morgan fingerprint density at radius 1 is 1.29 bits per heavy atom. The second-order valence-corrected chi connectivity index (χ2v) is 5.64. The largest absolute Gasteiger partial charge is 0.396 e. The number of unbranched alkanes of at least 4 members (excludes halogenated alkanes) is 1. The maximum atomic E-state index is 11.6. The minimum atomic E-state index is -3.23. The van der Waals surface area contributed by atoms with E-state index in [2.05, 4.69) is 9.71 Å². The number of nitrogens with zero attached hydrogens (tertiary/aromatic N) is 1. The van der Waals surface area contributed by atoms with Crippen LogP contribution in [0.3, 0.4) is 0 Å². The van der Waals surface area contributed by atoms with Crippen molar-refractivity contribution in [2.75, 3.05) is 18.9 Å². The molecule has 0 aliphatic heterocycles.